The number of hydrogen-bond donors (Lipinski definition) is 1. The maximum absolute atomic E-state index is 9.47. The van der Waals surface area contributed by atoms with Gasteiger partial charge in [-0.25, -0.2) is 0 Å². The molecule has 0 saturated heterocycles. The van der Waals surface area contributed by atoms with Gasteiger partial charge in [0.2, 0.25) is 0 Å². The molecule has 0 radical (unpaired) electrons. The van der Waals surface area contributed by atoms with E-state index in [1.807, 2.05) is 0 Å². The van der Waals surface area contributed by atoms with Gasteiger partial charge in [0.15, 0.2) is 0 Å². The molecule has 0 aliphatic rings. The molecule has 1 atom stereocenters. The number of aliphatic carboxylic acids is 1. The minimum Gasteiger partial charge on any atom is -0.668 e. The smallest absolute Gasteiger partial charge is 0.668 e. The molecule has 0 aromatic rings. The Balaban J connectivity index is -0.0000000512. The molecule has 8 heteroatoms. The normalized spacial score (nSPS) is 10.1. The van der Waals surface area contributed by atoms with E-state index in [0.29, 0.717) is 0 Å². The first-order chi connectivity index (χ1) is 8.38. The van der Waals surface area contributed by atoms with E-state index in [1.165, 1.54) is 0 Å². The number of carboxylic acids is 1. The molecule has 4 nitrogen and oxygen atoms in total. The standard InChI is InChI=1S/C3H6NO3.3C3H9P.Ir/c4-2(1-5)3(6)7;3*1-4(2)3;/h2,4-5H,1H2,(H,6,7);3*1-3H3;/q-1;;;;+3/p+2. The van der Waals surface area contributed by atoms with Gasteiger partial charge in [-0.2, -0.15) is 0 Å². The van der Waals surface area contributed by atoms with Crippen LogP contribution < -0.4 is 5.11 Å². The molecule has 20 heavy (non-hydrogen) atoms. The molecule has 0 aromatic carbocycles. The third-order valence-corrected chi connectivity index (χ3v) is 0.467. The number of carbonyl (C=O) groups is 1. The minimum absolute atomic E-state index is 0. The number of rotatable bonds is 2. The molecule has 0 fully saturated rings. The number of carbonyl (C=O) groups excluding carboxylic acids is 1. The van der Waals surface area contributed by atoms with Crippen LogP contribution in [-0.2, 0) is 24.9 Å². The molecule has 0 aromatic heterocycles. The van der Waals surface area contributed by atoms with Crippen molar-refractivity contribution in [2.24, 2.45) is 0 Å². The van der Waals surface area contributed by atoms with Crippen LogP contribution in [0.25, 0.3) is 5.73 Å². The molecular formula is C12H35IrNO3P3+4. The number of carboxylic acid groups (broad SMARTS) is 1. The summed E-state index contributed by atoms with van der Waals surface area (Å²) in [7, 11) is 0.361. The molecule has 126 valence electrons. The van der Waals surface area contributed by atoms with Crippen LogP contribution in [0.1, 0.15) is 0 Å². The van der Waals surface area contributed by atoms with Crippen LogP contribution in [0.3, 0.4) is 0 Å². The molecule has 0 aliphatic carbocycles. The van der Waals surface area contributed by atoms with Gasteiger partial charge in [-0.15, -0.1) is 0 Å². The first-order valence-corrected chi connectivity index (χ1v) is 15.2. The third kappa shape index (κ3) is 121. The maximum Gasteiger partial charge on any atom is 3.00 e. The van der Waals surface area contributed by atoms with E-state index in [2.05, 4.69) is 60.0 Å². The van der Waals surface area contributed by atoms with Crippen molar-refractivity contribution in [1.82, 2.24) is 0 Å². The Bertz CT molecular complexity index is 163. The van der Waals surface area contributed by atoms with Crippen LogP contribution >= 0.6 is 23.8 Å². The monoisotopic (exact) mass is 527 g/mol. The largest absolute Gasteiger partial charge is 3.00 e. The first kappa shape index (κ1) is 33.1. The van der Waals surface area contributed by atoms with Crippen LogP contribution in [0.5, 0.6) is 0 Å². The summed E-state index contributed by atoms with van der Waals surface area (Å²) in [6, 6.07) is -1.49. The second kappa shape index (κ2) is 25.3. The summed E-state index contributed by atoms with van der Waals surface area (Å²) in [6.07, 6.45) is 0. The van der Waals surface area contributed by atoms with Gasteiger partial charge in [0.25, 0.3) is 0 Å². The summed E-state index contributed by atoms with van der Waals surface area (Å²) in [6.45, 7) is 19.7. The van der Waals surface area contributed by atoms with Crippen molar-refractivity contribution in [3.05, 3.63) is 5.73 Å². The second-order valence-corrected chi connectivity index (χ2v) is 14.6. The Labute approximate surface area is 143 Å². The van der Waals surface area contributed by atoms with Crippen molar-refractivity contribution < 1.29 is 35.1 Å². The fraction of sp³-hybridized carbons (Fsp3) is 0.917. The Morgan fingerprint density at radius 1 is 0.950 bits per heavy atom. The summed E-state index contributed by atoms with van der Waals surface area (Å²) in [5, 5.41) is 17.4. The van der Waals surface area contributed by atoms with Gasteiger partial charge >= 0.3 is 20.1 Å². The molecular weight excluding hydrogens is 491 g/mol. The van der Waals surface area contributed by atoms with Crippen LogP contribution in [0.2, 0.25) is 0 Å². The topological polar surface area (TPSA) is 84.2 Å². The van der Waals surface area contributed by atoms with Crippen LogP contribution in [0.4, 0.5) is 0 Å². The molecule has 0 bridgehead atoms. The Morgan fingerprint density at radius 3 is 1.10 bits per heavy atom. The predicted molar refractivity (Wildman–Crippen MR) is 98.5 cm³/mol. The fourth-order valence-electron chi connectivity index (χ4n) is 0.0745. The van der Waals surface area contributed by atoms with Crippen molar-refractivity contribution in [3.8, 4) is 0 Å². The van der Waals surface area contributed by atoms with Gasteiger partial charge in [-0.1, -0.05) is 6.04 Å². The molecule has 0 saturated carbocycles. The first-order valence-electron chi connectivity index (χ1n) is 6.21. The summed E-state index contributed by atoms with van der Waals surface area (Å²) >= 11 is 0. The van der Waals surface area contributed by atoms with Crippen molar-refractivity contribution in [2.45, 2.75) is 6.04 Å². The summed E-state index contributed by atoms with van der Waals surface area (Å²) in [5.41, 5.74) is 6.36. The quantitative estimate of drug-likeness (QED) is 0.553. The van der Waals surface area contributed by atoms with Crippen molar-refractivity contribution in [1.29, 1.82) is 0 Å². The van der Waals surface area contributed by atoms with Gasteiger partial charge in [-0.05, 0) is 23.8 Å². The second-order valence-electron chi connectivity index (χ2n) is 5.55. The van der Waals surface area contributed by atoms with Crippen LogP contribution in [0.15, 0.2) is 0 Å². The molecule has 0 aliphatic heterocycles. The predicted octanol–water partition coefficient (Wildman–Crippen LogP) is 1.42. The molecule has 0 rings (SSSR count). The average molecular weight is 527 g/mol. The fourth-order valence-corrected chi connectivity index (χ4v) is 0.0745. The summed E-state index contributed by atoms with van der Waals surface area (Å²) in [5.74, 6) is -1.54. The molecule has 0 spiro atoms. The van der Waals surface area contributed by atoms with Gasteiger partial charge in [0, 0.05) is 72.6 Å². The minimum atomic E-state index is -1.54. The van der Waals surface area contributed by atoms with E-state index < -0.39 is 18.6 Å². The van der Waals surface area contributed by atoms with Gasteiger partial charge in [0.1, 0.15) is 0 Å². The number of nitrogens with one attached hydrogen (secondary N) is 1. The zero-order valence-electron chi connectivity index (χ0n) is 14.4. The summed E-state index contributed by atoms with van der Waals surface area (Å²) < 4.78 is 0. The number of hydrogen-bond acceptors (Lipinski definition) is 3. The van der Waals surface area contributed by atoms with Gasteiger partial charge in [-0.3, -0.25) is 0 Å². The van der Waals surface area contributed by atoms with E-state index in [4.69, 9.17) is 10.8 Å². The van der Waals surface area contributed by atoms with E-state index in [9.17, 15) is 9.90 Å². The van der Waals surface area contributed by atoms with E-state index in [0.717, 1.165) is 0 Å². The van der Waals surface area contributed by atoms with Crippen molar-refractivity contribution in [3.63, 3.8) is 0 Å². The maximum atomic E-state index is 9.47. The van der Waals surface area contributed by atoms with Crippen LogP contribution in [-0.4, -0.2) is 83.7 Å². The molecule has 2 N–H and O–H groups in total. The third-order valence-electron chi connectivity index (χ3n) is 0.467. The SMILES string of the molecule is C[PH+](C)C.C[PH+](C)C.C[PH+](C)C.[Ir+3].[NH-]C(CO)C(=O)[O-]. The van der Waals surface area contributed by atoms with E-state index in [1.54, 1.807) is 0 Å². The van der Waals surface area contributed by atoms with E-state index >= 15 is 0 Å². The Morgan fingerprint density at radius 2 is 1.10 bits per heavy atom. The zero-order valence-corrected chi connectivity index (χ0v) is 19.8. The molecule has 0 amide bonds. The number of aliphatic hydroxyl groups excluding tert-OH is 1. The molecule has 1 unspecified atom stereocenters. The van der Waals surface area contributed by atoms with Crippen molar-refractivity contribution in [2.75, 3.05) is 66.6 Å². The average Bonchev–Trinajstić information content (AvgIpc) is 2.13. The number of aliphatic hydroxyl groups is 1. The zero-order chi connectivity index (χ0) is 16.6. The molecule has 0 heterocycles. The van der Waals surface area contributed by atoms with Crippen LogP contribution in [0, 0.1) is 0 Å². The summed E-state index contributed by atoms with van der Waals surface area (Å²) in [4.78, 5) is 9.47. The van der Waals surface area contributed by atoms with Crippen molar-refractivity contribution >= 4 is 29.7 Å². The van der Waals surface area contributed by atoms with Gasteiger partial charge < -0.3 is 20.7 Å². The Kier molecular flexibility index (Phi) is 41.8. The Hall–Kier alpha value is 1.33. The van der Waals surface area contributed by atoms with E-state index in [-0.39, 0.29) is 43.9 Å². The van der Waals surface area contributed by atoms with Gasteiger partial charge in [0.05, 0.1) is 0 Å².